The van der Waals surface area contributed by atoms with E-state index in [0.717, 1.165) is 62.4 Å². The van der Waals surface area contributed by atoms with Crippen molar-refractivity contribution in [3.63, 3.8) is 0 Å². The average molecular weight is 527 g/mol. The van der Waals surface area contributed by atoms with Gasteiger partial charge in [-0.25, -0.2) is 9.78 Å². The van der Waals surface area contributed by atoms with E-state index in [9.17, 15) is 4.79 Å². The standard InChI is InChI=1S/C33H26N4O3/c1-21(32-35-33(38)40-36-32)31-25-16-15-23(17-24(25)20-39-29-14-8-5-11-26(29)31)19-37-28-13-7-6-12-27(28)34-30(37)18-22-9-3-2-4-10-22/h2-17H,18-20H2,1H3,(H,35,36,38)/b31-21-. The van der Waals surface area contributed by atoms with Gasteiger partial charge in [0.05, 0.1) is 11.0 Å². The van der Waals surface area contributed by atoms with E-state index < -0.39 is 5.76 Å². The summed E-state index contributed by atoms with van der Waals surface area (Å²) in [6.07, 6.45) is 0.751. The first-order valence-electron chi connectivity index (χ1n) is 13.2. The van der Waals surface area contributed by atoms with E-state index in [-0.39, 0.29) is 0 Å². The summed E-state index contributed by atoms with van der Waals surface area (Å²) < 4.78 is 13.4. The molecule has 0 radical (unpaired) electrons. The van der Waals surface area contributed by atoms with Crippen LogP contribution in [0, 0.1) is 0 Å². The monoisotopic (exact) mass is 526 g/mol. The lowest BCUT2D eigenvalue weighted by Gasteiger charge is -2.15. The highest BCUT2D eigenvalue weighted by molar-refractivity contribution is 5.99. The molecule has 1 aliphatic rings. The lowest BCUT2D eigenvalue weighted by Crippen LogP contribution is -2.07. The summed E-state index contributed by atoms with van der Waals surface area (Å²) in [4.78, 5) is 19.4. The fourth-order valence-electron chi connectivity index (χ4n) is 5.52. The molecule has 0 fully saturated rings. The van der Waals surface area contributed by atoms with Crippen molar-refractivity contribution in [2.24, 2.45) is 0 Å². The van der Waals surface area contributed by atoms with Crippen LogP contribution in [0.1, 0.15) is 46.4 Å². The Labute approximate surface area is 230 Å². The van der Waals surface area contributed by atoms with Gasteiger partial charge in [-0.1, -0.05) is 78.0 Å². The van der Waals surface area contributed by atoms with Crippen molar-refractivity contribution in [2.45, 2.75) is 26.5 Å². The molecule has 196 valence electrons. The lowest BCUT2D eigenvalue weighted by molar-refractivity contribution is 0.307. The maximum Gasteiger partial charge on any atom is 0.439 e. The van der Waals surface area contributed by atoms with Crippen LogP contribution in [-0.2, 0) is 19.6 Å². The van der Waals surface area contributed by atoms with E-state index in [0.29, 0.717) is 19.0 Å². The molecule has 0 saturated heterocycles. The third-order valence-electron chi connectivity index (χ3n) is 7.43. The molecule has 6 aromatic rings. The molecule has 0 spiro atoms. The van der Waals surface area contributed by atoms with Crippen molar-refractivity contribution in [1.29, 1.82) is 0 Å². The Balaban J connectivity index is 1.33. The molecule has 0 amide bonds. The number of hydrogen-bond donors (Lipinski definition) is 1. The van der Waals surface area contributed by atoms with Crippen molar-refractivity contribution in [2.75, 3.05) is 0 Å². The van der Waals surface area contributed by atoms with Crippen LogP contribution in [0.3, 0.4) is 0 Å². The summed E-state index contributed by atoms with van der Waals surface area (Å²) in [6, 6.07) is 33.2. The highest BCUT2D eigenvalue weighted by Crippen LogP contribution is 2.40. The molecule has 2 aromatic heterocycles. The number of hydrogen-bond acceptors (Lipinski definition) is 5. The number of nitrogens with zero attached hydrogens (tertiary/aromatic N) is 3. The zero-order valence-electron chi connectivity index (χ0n) is 21.9. The molecule has 3 heterocycles. The molecular weight excluding hydrogens is 500 g/mol. The number of para-hydroxylation sites is 3. The molecule has 0 atom stereocenters. The van der Waals surface area contributed by atoms with Gasteiger partial charge >= 0.3 is 5.76 Å². The number of nitrogens with one attached hydrogen (secondary N) is 1. The number of benzene rings is 4. The summed E-state index contributed by atoms with van der Waals surface area (Å²) >= 11 is 0. The maximum absolute atomic E-state index is 11.7. The second-order valence-electron chi connectivity index (χ2n) is 9.99. The summed E-state index contributed by atoms with van der Waals surface area (Å²) in [5.74, 6) is 1.63. The molecule has 1 aliphatic heterocycles. The van der Waals surface area contributed by atoms with Gasteiger partial charge in [-0.3, -0.25) is 9.51 Å². The summed E-state index contributed by atoms with van der Waals surface area (Å²) in [5, 5.41) is 3.96. The molecule has 7 heteroatoms. The Morgan fingerprint density at radius 2 is 1.70 bits per heavy atom. The summed E-state index contributed by atoms with van der Waals surface area (Å²) in [6.45, 7) is 3.04. The molecule has 0 aliphatic carbocycles. The van der Waals surface area contributed by atoms with Gasteiger partial charge in [-0.2, -0.15) is 0 Å². The van der Waals surface area contributed by atoms with Crippen LogP contribution < -0.4 is 10.5 Å². The topological polar surface area (TPSA) is 85.9 Å². The first kappa shape index (κ1) is 23.9. The van der Waals surface area contributed by atoms with Gasteiger partial charge in [0.1, 0.15) is 18.2 Å². The molecular formula is C33H26N4O3. The molecule has 4 aromatic carbocycles. The Kier molecular flexibility index (Phi) is 5.89. The number of allylic oxidation sites excluding steroid dienone is 1. The number of rotatable bonds is 5. The first-order valence-corrected chi connectivity index (χ1v) is 13.2. The van der Waals surface area contributed by atoms with Crippen LogP contribution >= 0.6 is 0 Å². The number of aromatic amines is 1. The predicted molar refractivity (Wildman–Crippen MR) is 154 cm³/mol. The third kappa shape index (κ3) is 4.31. The molecule has 40 heavy (non-hydrogen) atoms. The van der Waals surface area contributed by atoms with E-state index in [2.05, 4.69) is 75.4 Å². The van der Waals surface area contributed by atoms with Crippen molar-refractivity contribution in [3.05, 3.63) is 147 Å². The van der Waals surface area contributed by atoms with Gasteiger partial charge in [0.25, 0.3) is 0 Å². The number of H-pyrrole nitrogens is 1. The van der Waals surface area contributed by atoms with Gasteiger partial charge in [0.15, 0.2) is 5.82 Å². The second-order valence-corrected chi connectivity index (χ2v) is 9.99. The fraction of sp³-hybridized carbons (Fsp3) is 0.121. The number of fused-ring (bicyclic) bond motifs is 3. The quantitative estimate of drug-likeness (QED) is 0.288. The van der Waals surface area contributed by atoms with Crippen LogP contribution in [0.4, 0.5) is 0 Å². The smallest absolute Gasteiger partial charge is 0.439 e. The van der Waals surface area contributed by atoms with Crippen molar-refractivity contribution in [3.8, 4) is 5.75 Å². The molecule has 0 unspecified atom stereocenters. The van der Waals surface area contributed by atoms with Crippen LogP contribution in [0.15, 0.2) is 106 Å². The van der Waals surface area contributed by atoms with Crippen LogP contribution in [0.25, 0.3) is 22.2 Å². The van der Waals surface area contributed by atoms with Crippen LogP contribution in [0.2, 0.25) is 0 Å². The zero-order valence-corrected chi connectivity index (χ0v) is 21.9. The van der Waals surface area contributed by atoms with Crippen molar-refractivity contribution in [1.82, 2.24) is 19.7 Å². The molecule has 0 bridgehead atoms. The molecule has 1 N–H and O–H groups in total. The summed E-state index contributed by atoms with van der Waals surface area (Å²) in [7, 11) is 0. The van der Waals surface area contributed by atoms with E-state index in [1.807, 2.05) is 43.3 Å². The van der Waals surface area contributed by atoms with Gasteiger partial charge in [0, 0.05) is 24.1 Å². The number of ether oxygens (including phenoxy) is 1. The van der Waals surface area contributed by atoms with Gasteiger partial charge in [-0.05, 0) is 59.0 Å². The molecule has 7 rings (SSSR count). The van der Waals surface area contributed by atoms with Gasteiger partial charge in [-0.15, -0.1) is 0 Å². The Morgan fingerprint density at radius 3 is 2.55 bits per heavy atom. The Bertz CT molecular complexity index is 1950. The van der Waals surface area contributed by atoms with E-state index in [4.69, 9.17) is 14.2 Å². The molecule has 7 nitrogen and oxygen atoms in total. The average Bonchev–Trinajstić information content (AvgIpc) is 3.52. The van der Waals surface area contributed by atoms with E-state index in [1.54, 1.807) is 0 Å². The fourth-order valence-corrected chi connectivity index (χ4v) is 5.52. The maximum atomic E-state index is 11.7. The number of aromatic nitrogens is 4. The Morgan fingerprint density at radius 1 is 0.900 bits per heavy atom. The SMILES string of the molecule is C/C(=C1\c2ccc(Cn3c(Cc4ccccc4)nc4ccccc43)cc2COc2ccccc21)c1noc(=O)[nH]1. The van der Waals surface area contributed by atoms with Crippen molar-refractivity contribution < 1.29 is 9.26 Å². The lowest BCUT2D eigenvalue weighted by atomic mass is 9.89. The summed E-state index contributed by atoms with van der Waals surface area (Å²) in [5.41, 5.74) is 9.28. The second kappa shape index (κ2) is 9.85. The van der Waals surface area contributed by atoms with Crippen molar-refractivity contribution >= 4 is 22.2 Å². The van der Waals surface area contributed by atoms with E-state index in [1.165, 1.54) is 5.56 Å². The Hall–Kier alpha value is -5.17. The molecule has 0 saturated carbocycles. The normalized spacial score (nSPS) is 13.8. The van der Waals surface area contributed by atoms with E-state index >= 15 is 0 Å². The van der Waals surface area contributed by atoms with Crippen LogP contribution in [-0.4, -0.2) is 19.7 Å². The van der Waals surface area contributed by atoms with Crippen LogP contribution in [0.5, 0.6) is 5.75 Å². The zero-order chi connectivity index (χ0) is 27.1. The first-order chi connectivity index (χ1) is 19.6. The minimum absolute atomic E-state index is 0.405. The predicted octanol–water partition coefficient (Wildman–Crippen LogP) is 6.22. The third-order valence-corrected chi connectivity index (χ3v) is 7.43. The van der Waals surface area contributed by atoms with Gasteiger partial charge in [0.2, 0.25) is 0 Å². The number of imidazole rings is 1. The highest BCUT2D eigenvalue weighted by atomic mass is 16.5. The highest BCUT2D eigenvalue weighted by Gasteiger charge is 2.23. The van der Waals surface area contributed by atoms with Gasteiger partial charge < -0.3 is 9.30 Å². The largest absolute Gasteiger partial charge is 0.488 e. The minimum Gasteiger partial charge on any atom is -0.488 e. The minimum atomic E-state index is -0.581.